The molecule has 1 saturated heterocycles. The molecule has 7 heteroatoms. The van der Waals surface area contributed by atoms with E-state index in [0.29, 0.717) is 26.4 Å². The number of nitrogens with two attached hydrogens (primary N) is 1. The molecule has 2 aliphatic heterocycles. The summed E-state index contributed by atoms with van der Waals surface area (Å²) in [4.78, 5) is 18.2. The van der Waals surface area contributed by atoms with Gasteiger partial charge in [-0.2, -0.15) is 4.99 Å². The number of amides is 1. The van der Waals surface area contributed by atoms with Crippen molar-refractivity contribution in [3.05, 3.63) is 23.8 Å². The Morgan fingerprint density at radius 1 is 1.38 bits per heavy atom. The Morgan fingerprint density at radius 2 is 2.19 bits per heavy atom. The molecule has 112 valence electrons. The van der Waals surface area contributed by atoms with Gasteiger partial charge in [-0.25, -0.2) is 0 Å². The lowest BCUT2D eigenvalue weighted by Gasteiger charge is -2.25. The van der Waals surface area contributed by atoms with Crippen LogP contribution in [-0.4, -0.2) is 49.7 Å². The molecule has 21 heavy (non-hydrogen) atoms. The second-order valence-corrected chi connectivity index (χ2v) is 5.02. The molecule has 0 radical (unpaired) electrons. The molecule has 0 bridgehead atoms. The van der Waals surface area contributed by atoms with Gasteiger partial charge in [-0.15, -0.1) is 0 Å². The lowest BCUT2D eigenvalue weighted by molar-refractivity contribution is -0.118. The highest BCUT2D eigenvalue weighted by Gasteiger charge is 2.15. The third kappa shape index (κ3) is 3.50. The number of fused-ring (bicyclic) bond motifs is 1. The summed E-state index contributed by atoms with van der Waals surface area (Å²) < 4.78 is 10.4. The van der Waals surface area contributed by atoms with E-state index < -0.39 is 0 Å². The van der Waals surface area contributed by atoms with Crippen molar-refractivity contribution in [3.63, 3.8) is 0 Å². The maximum absolute atomic E-state index is 12.0. The van der Waals surface area contributed by atoms with Crippen molar-refractivity contribution in [1.29, 1.82) is 0 Å². The first-order chi connectivity index (χ1) is 10.2. The number of hydrogen-bond acceptors (Lipinski definition) is 6. The van der Waals surface area contributed by atoms with Crippen LogP contribution in [-0.2, 0) is 20.9 Å². The van der Waals surface area contributed by atoms with Crippen molar-refractivity contribution < 1.29 is 14.3 Å². The van der Waals surface area contributed by atoms with E-state index in [9.17, 15) is 4.79 Å². The Labute approximate surface area is 122 Å². The molecule has 0 aliphatic carbocycles. The first-order valence-corrected chi connectivity index (χ1v) is 6.90. The van der Waals surface area contributed by atoms with Crippen molar-refractivity contribution in [2.75, 3.05) is 38.2 Å². The van der Waals surface area contributed by atoms with Gasteiger partial charge < -0.3 is 20.5 Å². The van der Waals surface area contributed by atoms with Gasteiger partial charge in [-0.05, 0) is 18.2 Å². The average molecular weight is 290 g/mol. The second-order valence-electron chi connectivity index (χ2n) is 5.02. The SMILES string of the molecule is NC1=Nc2ccc(NC(=O)CN3CCOCC3)cc2CO1. The minimum atomic E-state index is -0.0309. The lowest BCUT2D eigenvalue weighted by Crippen LogP contribution is -2.41. The van der Waals surface area contributed by atoms with Crippen molar-refractivity contribution in [1.82, 2.24) is 4.90 Å². The fourth-order valence-electron chi connectivity index (χ4n) is 2.35. The van der Waals surface area contributed by atoms with E-state index in [1.54, 1.807) is 0 Å². The van der Waals surface area contributed by atoms with Crippen LogP contribution in [0.15, 0.2) is 23.2 Å². The minimum Gasteiger partial charge on any atom is -0.460 e. The maximum atomic E-state index is 12.0. The molecule has 3 rings (SSSR count). The number of amidine groups is 1. The number of morpholine rings is 1. The fraction of sp³-hybridized carbons (Fsp3) is 0.429. The molecular formula is C14H18N4O3. The van der Waals surface area contributed by atoms with Crippen LogP contribution in [0.1, 0.15) is 5.56 Å². The summed E-state index contributed by atoms with van der Waals surface area (Å²) in [7, 11) is 0. The molecule has 7 nitrogen and oxygen atoms in total. The summed E-state index contributed by atoms with van der Waals surface area (Å²) in [6.07, 6.45) is 0. The molecule has 1 fully saturated rings. The summed E-state index contributed by atoms with van der Waals surface area (Å²) in [5.41, 5.74) is 7.95. The van der Waals surface area contributed by atoms with E-state index in [-0.39, 0.29) is 11.9 Å². The predicted molar refractivity (Wildman–Crippen MR) is 78.4 cm³/mol. The molecule has 1 aromatic rings. The van der Waals surface area contributed by atoms with Crippen molar-refractivity contribution >= 4 is 23.3 Å². The smallest absolute Gasteiger partial charge is 0.287 e. The van der Waals surface area contributed by atoms with Gasteiger partial charge in [0.15, 0.2) is 0 Å². The zero-order chi connectivity index (χ0) is 14.7. The standard InChI is InChI=1S/C14H18N4O3/c15-14-17-12-2-1-11(7-10(12)9-21-14)16-13(19)8-18-3-5-20-6-4-18/h1-2,7H,3-6,8-9H2,(H2,15,17)(H,16,19). The first-order valence-electron chi connectivity index (χ1n) is 6.90. The molecule has 2 aliphatic rings. The Balaban J connectivity index is 1.61. The monoisotopic (exact) mass is 290 g/mol. The number of ether oxygens (including phenoxy) is 2. The molecule has 2 heterocycles. The summed E-state index contributed by atoms with van der Waals surface area (Å²) in [6.45, 7) is 3.70. The normalized spacial score (nSPS) is 18.4. The van der Waals surface area contributed by atoms with E-state index in [2.05, 4.69) is 15.2 Å². The van der Waals surface area contributed by atoms with E-state index in [1.807, 2.05) is 18.2 Å². The number of benzene rings is 1. The van der Waals surface area contributed by atoms with Crippen molar-refractivity contribution in [2.24, 2.45) is 10.7 Å². The number of aliphatic imine (C=N–C) groups is 1. The zero-order valence-electron chi connectivity index (χ0n) is 11.7. The fourth-order valence-corrected chi connectivity index (χ4v) is 2.35. The molecular weight excluding hydrogens is 272 g/mol. The Morgan fingerprint density at radius 3 is 3.00 bits per heavy atom. The van der Waals surface area contributed by atoms with Gasteiger partial charge in [0.25, 0.3) is 6.02 Å². The van der Waals surface area contributed by atoms with Crippen LogP contribution >= 0.6 is 0 Å². The number of nitrogens with one attached hydrogen (secondary N) is 1. The van der Waals surface area contributed by atoms with Gasteiger partial charge >= 0.3 is 0 Å². The Hall–Kier alpha value is -2.12. The number of rotatable bonds is 3. The molecule has 0 aromatic heterocycles. The third-order valence-electron chi connectivity index (χ3n) is 3.44. The summed E-state index contributed by atoms with van der Waals surface area (Å²) in [5, 5.41) is 2.89. The van der Waals surface area contributed by atoms with E-state index in [1.165, 1.54) is 0 Å². The number of anilines is 1. The summed E-state index contributed by atoms with van der Waals surface area (Å²) in [5.74, 6) is -0.0309. The highest BCUT2D eigenvalue weighted by atomic mass is 16.5. The molecule has 1 amide bonds. The second kappa shape index (κ2) is 6.11. The van der Waals surface area contributed by atoms with Gasteiger partial charge in [-0.1, -0.05) is 0 Å². The van der Waals surface area contributed by atoms with Crippen LogP contribution in [0.3, 0.4) is 0 Å². The van der Waals surface area contributed by atoms with Crippen LogP contribution in [0.2, 0.25) is 0 Å². The number of nitrogens with zero attached hydrogens (tertiary/aromatic N) is 2. The van der Waals surface area contributed by atoms with Crippen LogP contribution < -0.4 is 11.1 Å². The van der Waals surface area contributed by atoms with Crippen LogP contribution in [0, 0.1) is 0 Å². The quantitative estimate of drug-likeness (QED) is 0.843. The van der Waals surface area contributed by atoms with Gasteiger partial charge in [-0.3, -0.25) is 9.69 Å². The maximum Gasteiger partial charge on any atom is 0.287 e. The molecule has 3 N–H and O–H groups in total. The number of carbonyl (C=O) groups is 1. The van der Waals surface area contributed by atoms with Gasteiger partial charge in [0.05, 0.1) is 25.4 Å². The number of hydrogen-bond donors (Lipinski definition) is 2. The molecule has 0 saturated carbocycles. The predicted octanol–water partition coefficient (Wildman–Crippen LogP) is 0.434. The molecule has 1 aromatic carbocycles. The first kappa shape index (κ1) is 13.8. The Kier molecular flexibility index (Phi) is 4.03. The van der Waals surface area contributed by atoms with Crippen LogP contribution in [0.4, 0.5) is 11.4 Å². The highest BCUT2D eigenvalue weighted by molar-refractivity contribution is 5.92. The zero-order valence-corrected chi connectivity index (χ0v) is 11.7. The van der Waals surface area contributed by atoms with Crippen LogP contribution in [0.25, 0.3) is 0 Å². The molecule has 0 spiro atoms. The summed E-state index contributed by atoms with van der Waals surface area (Å²) >= 11 is 0. The topological polar surface area (TPSA) is 89.2 Å². The largest absolute Gasteiger partial charge is 0.460 e. The van der Waals surface area contributed by atoms with Gasteiger partial charge in [0.2, 0.25) is 5.91 Å². The molecule has 0 atom stereocenters. The van der Waals surface area contributed by atoms with Gasteiger partial charge in [0, 0.05) is 24.3 Å². The lowest BCUT2D eigenvalue weighted by atomic mass is 10.1. The van der Waals surface area contributed by atoms with E-state index in [0.717, 1.165) is 30.0 Å². The summed E-state index contributed by atoms with van der Waals surface area (Å²) in [6, 6.07) is 5.68. The van der Waals surface area contributed by atoms with E-state index >= 15 is 0 Å². The average Bonchev–Trinajstić information content (AvgIpc) is 2.48. The number of carbonyl (C=O) groups excluding carboxylic acids is 1. The minimum absolute atomic E-state index is 0.0309. The van der Waals surface area contributed by atoms with Crippen molar-refractivity contribution in [3.8, 4) is 0 Å². The highest BCUT2D eigenvalue weighted by Crippen LogP contribution is 2.26. The molecule has 0 unspecified atom stereocenters. The van der Waals surface area contributed by atoms with E-state index in [4.69, 9.17) is 15.2 Å². The van der Waals surface area contributed by atoms with Gasteiger partial charge in [0.1, 0.15) is 6.61 Å². The third-order valence-corrected chi connectivity index (χ3v) is 3.44. The van der Waals surface area contributed by atoms with Crippen LogP contribution in [0.5, 0.6) is 0 Å². The van der Waals surface area contributed by atoms with Crippen molar-refractivity contribution in [2.45, 2.75) is 6.61 Å². The Bertz CT molecular complexity index is 567.